The molecule has 1 aliphatic rings. The summed E-state index contributed by atoms with van der Waals surface area (Å²) in [4.78, 5) is 9.20. The van der Waals surface area contributed by atoms with Gasteiger partial charge in [-0.1, -0.05) is 0 Å². The van der Waals surface area contributed by atoms with Crippen molar-refractivity contribution in [3.05, 3.63) is 22.8 Å². The third kappa shape index (κ3) is 3.10. The van der Waals surface area contributed by atoms with Crippen LogP contribution in [0.2, 0.25) is 0 Å². The van der Waals surface area contributed by atoms with E-state index in [1.54, 1.807) is 25.2 Å². The van der Waals surface area contributed by atoms with Crippen molar-refractivity contribution >= 4 is 21.7 Å². The second kappa shape index (κ2) is 5.63. The molecule has 21 heavy (non-hydrogen) atoms. The molecule has 2 heterocycles. The topological polar surface area (TPSA) is 66.2 Å². The fraction of sp³-hybridized carbons (Fsp3) is 0.625. The fourth-order valence-electron chi connectivity index (χ4n) is 2.94. The summed E-state index contributed by atoms with van der Waals surface area (Å²) >= 11 is 1.71. The first kappa shape index (κ1) is 14.9. The molecule has 2 aromatic heterocycles. The molecule has 0 aliphatic heterocycles. The quantitative estimate of drug-likeness (QED) is 0.914. The monoisotopic (exact) mass is 306 g/mol. The Labute approximate surface area is 128 Å². The Morgan fingerprint density at radius 2 is 1.90 bits per heavy atom. The van der Waals surface area contributed by atoms with E-state index >= 15 is 0 Å². The lowest BCUT2D eigenvalue weighted by molar-refractivity contribution is 0.0742. The van der Waals surface area contributed by atoms with E-state index in [9.17, 15) is 10.2 Å². The molecule has 0 radical (unpaired) electrons. The number of aliphatic hydroxyl groups excluding tert-OH is 1. The van der Waals surface area contributed by atoms with Crippen LogP contribution in [0.15, 0.2) is 12.1 Å². The Morgan fingerprint density at radius 1 is 1.19 bits per heavy atom. The zero-order chi connectivity index (χ0) is 15.0. The van der Waals surface area contributed by atoms with E-state index in [-0.39, 0.29) is 0 Å². The van der Waals surface area contributed by atoms with E-state index in [1.807, 2.05) is 12.1 Å². The lowest BCUT2D eigenvalue weighted by Gasteiger charge is -2.25. The van der Waals surface area contributed by atoms with Crippen molar-refractivity contribution in [1.29, 1.82) is 0 Å². The average molecular weight is 306 g/mol. The number of aromatic nitrogens is 2. The Morgan fingerprint density at radius 3 is 2.52 bits per heavy atom. The lowest BCUT2D eigenvalue weighted by Crippen LogP contribution is -2.17. The molecule has 1 aliphatic carbocycles. The van der Waals surface area contributed by atoms with Gasteiger partial charge in [-0.2, -0.15) is 0 Å². The molecule has 2 aromatic rings. The summed E-state index contributed by atoms with van der Waals surface area (Å²) < 4.78 is 1.09. The third-order valence-electron chi connectivity index (χ3n) is 4.35. The smallest absolute Gasteiger partial charge is 0.170 e. The number of fused-ring (bicyclic) bond motifs is 1. The summed E-state index contributed by atoms with van der Waals surface area (Å²) in [6.07, 6.45) is 4.37. The van der Waals surface area contributed by atoms with Crippen LogP contribution in [0.25, 0.3) is 10.3 Å². The Kier molecular flexibility index (Phi) is 3.99. The first-order chi connectivity index (χ1) is 9.97. The highest BCUT2D eigenvalue weighted by Gasteiger charge is 2.25. The summed E-state index contributed by atoms with van der Waals surface area (Å²) in [6.45, 7) is 3.79. The maximum absolute atomic E-state index is 10.0. The normalized spacial score (nSPS) is 23.6. The molecule has 4 nitrogen and oxygen atoms in total. The van der Waals surface area contributed by atoms with Gasteiger partial charge in [0.1, 0.15) is 5.60 Å². The van der Waals surface area contributed by atoms with Crippen LogP contribution in [-0.4, -0.2) is 26.8 Å². The van der Waals surface area contributed by atoms with Crippen molar-refractivity contribution < 1.29 is 10.2 Å². The molecule has 114 valence electrons. The van der Waals surface area contributed by atoms with E-state index in [1.165, 1.54) is 0 Å². The van der Waals surface area contributed by atoms with E-state index in [0.29, 0.717) is 24.1 Å². The number of rotatable bonds is 3. The van der Waals surface area contributed by atoms with Crippen molar-refractivity contribution in [2.75, 3.05) is 6.61 Å². The molecule has 2 N–H and O–H groups in total. The number of hydrogen-bond acceptors (Lipinski definition) is 5. The summed E-state index contributed by atoms with van der Waals surface area (Å²) in [5.74, 6) is 0.966. The molecule has 0 amide bonds. The van der Waals surface area contributed by atoms with Gasteiger partial charge in [0.05, 0.1) is 15.4 Å². The van der Waals surface area contributed by atoms with Crippen LogP contribution < -0.4 is 0 Å². The summed E-state index contributed by atoms with van der Waals surface area (Å²) in [5.41, 5.74) is 0.478. The van der Waals surface area contributed by atoms with Gasteiger partial charge >= 0.3 is 0 Å². The summed E-state index contributed by atoms with van der Waals surface area (Å²) in [5, 5.41) is 20.4. The predicted molar refractivity (Wildman–Crippen MR) is 84.4 cm³/mol. The third-order valence-corrected chi connectivity index (χ3v) is 5.52. The minimum atomic E-state index is -0.933. The summed E-state index contributed by atoms with van der Waals surface area (Å²) in [6, 6.07) is 3.89. The van der Waals surface area contributed by atoms with Crippen LogP contribution in [0.1, 0.15) is 56.2 Å². The maximum Gasteiger partial charge on any atom is 0.170 e. The van der Waals surface area contributed by atoms with E-state index < -0.39 is 5.60 Å². The van der Waals surface area contributed by atoms with Crippen molar-refractivity contribution in [1.82, 2.24) is 9.97 Å². The molecule has 1 saturated carbocycles. The SMILES string of the molecule is CC(C)(O)c1ccc2sc(C3CCC(CO)CC3)nc2n1. The van der Waals surface area contributed by atoms with Gasteiger partial charge in [0, 0.05) is 12.5 Å². The largest absolute Gasteiger partial charge is 0.396 e. The molecular weight excluding hydrogens is 284 g/mol. The van der Waals surface area contributed by atoms with Gasteiger partial charge in [0.25, 0.3) is 0 Å². The van der Waals surface area contributed by atoms with E-state index in [4.69, 9.17) is 4.98 Å². The number of nitrogens with zero attached hydrogens (tertiary/aromatic N) is 2. The van der Waals surface area contributed by atoms with Gasteiger partial charge in [-0.25, -0.2) is 9.97 Å². The van der Waals surface area contributed by atoms with Crippen LogP contribution in [0.4, 0.5) is 0 Å². The Hall–Kier alpha value is -1.04. The minimum Gasteiger partial charge on any atom is -0.396 e. The lowest BCUT2D eigenvalue weighted by atomic mass is 9.83. The second-order valence-corrected chi connectivity index (χ2v) is 7.59. The predicted octanol–water partition coefficient (Wildman–Crippen LogP) is 3.18. The first-order valence-corrected chi connectivity index (χ1v) is 8.40. The van der Waals surface area contributed by atoms with Crippen LogP contribution in [0, 0.1) is 5.92 Å². The van der Waals surface area contributed by atoms with E-state index in [2.05, 4.69) is 4.98 Å². The number of aliphatic hydroxyl groups is 2. The highest BCUT2D eigenvalue weighted by Crippen LogP contribution is 2.38. The zero-order valence-electron chi connectivity index (χ0n) is 12.5. The highest BCUT2D eigenvalue weighted by molar-refractivity contribution is 7.18. The van der Waals surface area contributed by atoms with Gasteiger partial charge in [0.15, 0.2) is 5.65 Å². The number of pyridine rings is 1. The average Bonchev–Trinajstić information content (AvgIpc) is 2.89. The zero-order valence-corrected chi connectivity index (χ0v) is 13.4. The molecule has 3 rings (SSSR count). The molecule has 0 atom stereocenters. The van der Waals surface area contributed by atoms with Gasteiger partial charge in [0.2, 0.25) is 0 Å². The molecule has 0 aromatic carbocycles. The molecule has 5 heteroatoms. The maximum atomic E-state index is 10.0. The van der Waals surface area contributed by atoms with Crippen LogP contribution in [-0.2, 0) is 5.60 Å². The van der Waals surface area contributed by atoms with Crippen molar-refractivity contribution in [3.63, 3.8) is 0 Å². The summed E-state index contributed by atoms with van der Waals surface area (Å²) in [7, 11) is 0. The Bertz CT molecular complexity index is 625. The van der Waals surface area contributed by atoms with Gasteiger partial charge in [-0.3, -0.25) is 0 Å². The second-order valence-electron chi connectivity index (χ2n) is 6.53. The molecule has 0 unspecified atom stereocenters. The Balaban J connectivity index is 1.84. The van der Waals surface area contributed by atoms with Crippen molar-refractivity contribution in [3.8, 4) is 0 Å². The molecule has 0 spiro atoms. The molecule has 0 bridgehead atoms. The van der Waals surface area contributed by atoms with Gasteiger partial charge in [-0.05, 0) is 57.6 Å². The molecule has 0 saturated heterocycles. The highest BCUT2D eigenvalue weighted by atomic mass is 32.1. The van der Waals surface area contributed by atoms with E-state index in [0.717, 1.165) is 41.0 Å². The number of thiazole rings is 1. The standard InChI is InChI=1S/C16H22N2O2S/c1-16(2,20)13-8-7-12-14(17-13)18-15(21-12)11-5-3-10(9-19)4-6-11/h7-8,10-11,19-20H,3-6,9H2,1-2H3. The first-order valence-electron chi connectivity index (χ1n) is 7.58. The van der Waals surface area contributed by atoms with Crippen molar-refractivity contribution in [2.24, 2.45) is 5.92 Å². The van der Waals surface area contributed by atoms with Crippen molar-refractivity contribution in [2.45, 2.75) is 51.0 Å². The van der Waals surface area contributed by atoms with Gasteiger partial charge < -0.3 is 10.2 Å². The van der Waals surface area contributed by atoms with Crippen LogP contribution in [0.5, 0.6) is 0 Å². The fourth-order valence-corrected chi connectivity index (χ4v) is 4.02. The van der Waals surface area contributed by atoms with Crippen LogP contribution >= 0.6 is 11.3 Å². The van der Waals surface area contributed by atoms with Crippen LogP contribution in [0.3, 0.4) is 0 Å². The number of hydrogen-bond donors (Lipinski definition) is 2. The minimum absolute atomic E-state index is 0.309. The van der Waals surface area contributed by atoms with Gasteiger partial charge in [-0.15, -0.1) is 11.3 Å². The molecular formula is C16H22N2O2S. The molecule has 1 fully saturated rings.